The van der Waals surface area contributed by atoms with E-state index >= 15 is 0 Å². The molecule has 1 N–H and O–H groups in total. The molecule has 1 amide bonds. The van der Waals surface area contributed by atoms with Crippen molar-refractivity contribution in [3.8, 4) is 5.69 Å². The minimum atomic E-state index is -0.123. The van der Waals surface area contributed by atoms with Gasteiger partial charge in [-0.05, 0) is 37.1 Å². The molecule has 0 bridgehead atoms. The maximum Gasteiger partial charge on any atom is 0.244 e. The van der Waals surface area contributed by atoms with Gasteiger partial charge in [-0.15, -0.1) is 0 Å². The number of nitrogens with zero attached hydrogens (tertiary/aromatic N) is 5. The smallest absolute Gasteiger partial charge is 0.244 e. The Morgan fingerprint density at radius 1 is 1.15 bits per heavy atom. The standard InChI is InChI=1S/C19H20N6O/c26-18(12-24-14-20-13-21-24)23-10-7-19(8-11-23)17-6-3-9-25(17)16-5-2-1-4-15(16)22-19/h1-6,9,13-14,22H,7-8,10-12H2. The Bertz CT molecular complexity index is 937. The summed E-state index contributed by atoms with van der Waals surface area (Å²) in [6.45, 7) is 1.71. The normalized spacial score (nSPS) is 17.5. The van der Waals surface area contributed by atoms with E-state index < -0.39 is 0 Å². The molecule has 132 valence electrons. The Hall–Kier alpha value is -3.09. The highest BCUT2D eigenvalue weighted by Crippen LogP contribution is 2.43. The van der Waals surface area contributed by atoms with Gasteiger partial charge >= 0.3 is 0 Å². The summed E-state index contributed by atoms with van der Waals surface area (Å²) < 4.78 is 3.85. The molecule has 26 heavy (non-hydrogen) atoms. The number of hydrogen-bond acceptors (Lipinski definition) is 4. The van der Waals surface area contributed by atoms with Crippen LogP contribution in [-0.4, -0.2) is 43.2 Å². The van der Waals surface area contributed by atoms with E-state index in [2.05, 4.69) is 62.6 Å². The second-order valence-corrected chi connectivity index (χ2v) is 6.96. The van der Waals surface area contributed by atoms with Crippen LogP contribution < -0.4 is 5.32 Å². The van der Waals surface area contributed by atoms with Crippen LogP contribution in [0.2, 0.25) is 0 Å². The van der Waals surface area contributed by atoms with Crippen LogP contribution in [0.15, 0.2) is 55.2 Å². The maximum absolute atomic E-state index is 12.5. The zero-order valence-electron chi connectivity index (χ0n) is 14.4. The zero-order valence-corrected chi connectivity index (χ0v) is 14.4. The predicted molar refractivity (Wildman–Crippen MR) is 96.9 cm³/mol. The molecule has 3 aromatic rings. The Labute approximate surface area is 151 Å². The third kappa shape index (κ3) is 2.31. The predicted octanol–water partition coefficient (Wildman–Crippen LogP) is 2.01. The number of benzene rings is 1. The van der Waals surface area contributed by atoms with Gasteiger partial charge in [0.2, 0.25) is 5.91 Å². The molecule has 7 heteroatoms. The van der Waals surface area contributed by atoms with Crippen LogP contribution in [0.3, 0.4) is 0 Å². The number of nitrogens with one attached hydrogen (secondary N) is 1. The van der Waals surface area contributed by atoms with Crippen molar-refractivity contribution in [3.63, 3.8) is 0 Å². The molecule has 0 aliphatic carbocycles. The van der Waals surface area contributed by atoms with Gasteiger partial charge in [-0.2, -0.15) is 5.10 Å². The number of anilines is 1. The molecule has 5 rings (SSSR count). The second kappa shape index (κ2) is 5.72. The first kappa shape index (κ1) is 15.2. The van der Waals surface area contributed by atoms with Crippen LogP contribution in [0.4, 0.5) is 5.69 Å². The SMILES string of the molecule is O=C(Cn1cncn1)N1CCC2(CC1)Nc1ccccc1-n1cccc12. The van der Waals surface area contributed by atoms with Crippen LogP contribution in [0, 0.1) is 0 Å². The number of carbonyl (C=O) groups excluding carboxylic acids is 1. The fraction of sp³-hybridized carbons (Fsp3) is 0.316. The fourth-order valence-corrected chi connectivity index (χ4v) is 4.16. The van der Waals surface area contributed by atoms with Crippen LogP contribution >= 0.6 is 0 Å². The van der Waals surface area contributed by atoms with Gasteiger partial charge in [0.15, 0.2) is 0 Å². The average Bonchev–Trinajstić information content (AvgIpc) is 3.35. The lowest BCUT2D eigenvalue weighted by Crippen LogP contribution is -2.51. The molecule has 2 aromatic heterocycles. The second-order valence-electron chi connectivity index (χ2n) is 6.96. The van der Waals surface area contributed by atoms with Crippen molar-refractivity contribution in [1.29, 1.82) is 0 Å². The van der Waals surface area contributed by atoms with Crippen molar-refractivity contribution < 1.29 is 4.79 Å². The first-order chi connectivity index (χ1) is 12.8. The highest BCUT2D eigenvalue weighted by atomic mass is 16.2. The van der Waals surface area contributed by atoms with Gasteiger partial charge in [-0.25, -0.2) is 9.67 Å². The number of para-hydroxylation sites is 2. The lowest BCUT2D eigenvalue weighted by molar-refractivity contribution is -0.133. The van der Waals surface area contributed by atoms with Gasteiger partial charge in [0.1, 0.15) is 19.2 Å². The monoisotopic (exact) mass is 348 g/mol. The third-order valence-electron chi connectivity index (χ3n) is 5.51. The topological polar surface area (TPSA) is 68.0 Å². The van der Waals surface area contributed by atoms with Crippen molar-refractivity contribution in [2.45, 2.75) is 24.9 Å². The van der Waals surface area contributed by atoms with Gasteiger partial charge < -0.3 is 14.8 Å². The number of hydrogen-bond donors (Lipinski definition) is 1. The first-order valence-corrected chi connectivity index (χ1v) is 8.91. The van der Waals surface area contributed by atoms with Crippen molar-refractivity contribution in [1.82, 2.24) is 24.2 Å². The molecule has 4 heterocycles. The van der Waals surface area contributed by atoms with Crippen molar-refractivity contribution >= 4 is 11.6 Å². The molecule has 1 fully saturated rings. The number of piperidine rings is 1. The summed E-state index contributed by atoms with van der Waals surface area (Å²) in [5, 5.41) is 7.80. The minimum absolute atomic E-state index is 0.0944. The van der Waals surface area contributed by atoms with Gasteiger partial charge in [0, 0.05) is 25.0 Å². The summed E-state index contributed by atoms with van der Waals surface area (Å²) in [5.74, 6) is 0.0944. The number of rotatable bonds is 2. The Morgan fingerprint density at radius 2 is 2.00 bits per heavy atom. The number of amides is 1. The van der Waals surface area contributed by atoms with Gasteiger partial charge in [0.25, 0.3) is 0 Å². The van der Waals surface area contributed by atoms with Crippen LogP contribution in [0.25, 0.3) is 5.69 Å². The quantitative estimate of drug-likeness (QED) is 0.769. The number of likely N-dealkylation sites (tertiary alicyclic amines) is 1. The molecule has 1 aromatic carbocycles. The molecule has 0 saturated carbocycles. The Morgan fingerprint density at radius 3 is 2.81 bits per heavy atom. The van der Waals surface area contributed by atoms with Gasteiger partial charge in [0.05, 0.1) is 16.9 Å². The van der Waals surface area contributed by atoms with Crippen molar-refractivity contribution in [2.24, 2.45) is 0 Å². The van der Waals surface area contributed by atoms with Gasteiger partial charge in [-0.1, -0.05) is 12.1 Å². The molecule has 0 radical (unpaired) electrons. The summed E-state index contributed by atoms with van der Waals surface area (Å²) in [4.78, 5) is 18.4. The molecule has 0 atom stereocenters. The first-order valence-electron chi connectivity index (χ1n) is 8.91. The number of carbonyl (C=O) groups is 1. The van der Waals surface area contributed by atoms with Crippen molar-refractivity contribution in [2.75, 3.05) is 18.4 Å². The van der Waals surface area contributed by atoms with E-state index in [0.717, 1.165) is 31.6 Å². The third-order valence-corrected chi connectivity index (χ3v) is 5.51. The zero-order chi connectivity index (χ0) is 17.6. The highest BCUT2D eigenvalue weighted by Gasteiger charge is 2.42. The summed E-state index contributed by atoms with van der Waals surface area (Å²) in [6.07, 6.45) is 6.92. The molecule has 1 saturated heterocycles. The summed E-state index contributed by atoms with van der Waals surface area (Å²) in [7, 11) is 0. The van der Waals surface area contributed by atoms with Crippen LogP contribution in [0.5, 0.6) is 0 Å². The molecule has 0 unspecified atom stereocenters. The maximum atomic E-state index is 12.5. The van der Waals surface area contributed by atoms with Gasteiger partial charge in [-0.3, -0.25) is 4.79 Å². The molecule has 1 spiro atoms. The number of fused-ring (bicyclic) bond motifs is 4. The van der Waals surface area contributed by atoms with E-state index in [9.17, 15) is 4.79 Å². The van der Waals surface area contributed by atoms with E-state index in [0.29, 0.717) is 0 Å². The minimum Gasteiger partial charge on any atom is -0.372 e. The molecule has 2 aliphatic heterocycles. The lowest BCUT2D eigenvalue weighted by Gasteiger charge is -2.46. The van der Waals surface area contributed by atoms with Crippen molar-refractivity contribution in [3.05, 3.63) is 60.9 Å². The average molecular weight is 348 g/mol. The molecule has 2 aliphatic rings. The van der Waals surface area contributed by atoms with E-state index in [1.807, 2.05) is 4.90 Å². The van der Waals surface area contributed by atoms with Crippen LogP contribution in [0.1, 0.15) is 18.5 Å². The molecule has 7 nitrogen and oxygen atoms in total. The Kier molecular flexibility index (Phi) is 3.34. The molecular weight excluding hydrogens is 328 g/mol. The highest BCUT2D eigenvalue weighted by molar-refractivity contribution is 5.76. The summed E-state index contributed by atoms with van der Waals surface area (Å²) in [6, 6.07) is 12.7. The molecular formula is C19H20N6O. The lowest BCUT2D eigenvalue weighted by atomic mass is 9.82. The fourth-order valence-electron chi connectivity index (χ4n) is 4.16. The van der Waals surface area contributed by atoms with E-state index in [4.69, 9.17) is 0 Å². The van der Waals surface area contributed by atoms with E-state index in [1.54, 1.807) is 11.0 Å². The number of aromatic nitrogens is 4. The largest absolute Gasteiger partial charge is 0.372 e. The van der Waals surface area contributed by atoms with E-state index in [1.165, 1.54) is 17.7 Å². The summed E-state index contributed by atoms with van der Waals surface area (Å²) in [5.41, 5.74) is 3.49. The Balaban J connectivity index is 1.37. The summed E-state index contributed by atoms with van der Waals surface area (Å²) >= 11 is 0. The van der Waals surface area contributed by atoms with Crippen LogP contribution in [-0.2, 0) is 16.9 Å². The van der Waals surface area contributed by atoms with E-state index in [-0.39, 0.29) is 18.0 Å².